The van der Waals surface area contributed by atoms with E-state index in [1.165, 1.54) is 51.7 Å². The van der Waals surface area contributed by atoms with E-state index in [9.17, 15) is 0 Å². The first-order valence-corrected chi connectivity index (χ1v) is 8.05. The summed E-state index contributed by atoms with van der Waals surface area (Å²) in [6.07, 6.45) is 6.92. The predicted octanol–water partition coefficient (Wildman–Crippen LogP) is 3.28. The van der Waals surface area contributed by atoms with Gasteiger partial charge in [0.1, 0.15) is 0 Å². The van der Waals surface area contributed by atoms with E-state index in [2.05, 4.69) is 37.9 Å². The molecule has 0 radical (unpaired) electrons. The van der Waals surface area contributed by atoms with Gasteiger partial charge in [-0.1, -0.05) is 40.5 Å². The Morgan fingerprint density at radius 3 is 2.56 bits per heavy atom. The van der Waals surface area contributed by atoms with E-state index in [1.807, 2.05) is 0 Å². The van der Waals surface area contributed by atoms with Crippen molar-refractivity contribution in [2.45, 2.75) is 71.9 Å². The molecule has 1 aliphatic heterocycles. The second-order valence-electron chi connectivity index (χ2n) is 7.06. The van der Waals surface area contributed by atoms with E-state index < -0.39 is 0 Å². The van der Waals surface area contributed by atoms with Crippen LogP contribution in [-0.2, 0) is 0 Å². The van der Waals surface area contributed by atoms with Crippen molar-refractivity contribution in [1.82, 2.24) is 10.2 Å². The molecule has 0 spiro atoms. The third kappa shape index (κ3) is 3.08. The molecule has 2 nitrogen and oxygen atoms in total. The summed E-state index contributed by atoms with van der Waals surface area (Å²) >= 11 is 0. The van der Waals surface area contributed by atoms with Crippen molar-refractivity contribution in [3.05, 3.63) is 0 Å². The molecular formula is C16H32N2. The molecule has 1 aliphatic carbocycles. The van der Waals surface area contributed by atoms with Gasteiger partial charge < -0.3 is 5.32 Å². The van der Waals surface area contributed by atoms with Crippen LogP contribution in [0.5, 0.6) is 0 Å². The minimum Gasteiger partial charge on any atom is -0.311 e. The Bertz CT molecular complexity index is 260. The maximum atomic E-state index is 3.78. The summed E-state index contributed by atoms with van der Waals surface area (Å²) in [5.74, 6) is 0.805. The Morgan fingerprint density at radius 2 is 2.06 bits per heavy atom. The number of nitrogens with zero attached hydrogens (tertiary/aromatic N) is 1. The van der Waals surface area contributed by atoms with Crippen LogP contribution in [0, 0.1) is 11.3 Å². The molecule has 0 amide bonds. The average molecular weight is 252 g/mol. The van der Waals surface area contributed by atoms with Crippen LogP contribution < -0.4 is 5.32 Å². The molecule has 106 valence electrons. The van der Waals surface area contributed by atoms with Crippen LogP contribution in [0.15, 0.2) is 0 Å². The van der Waals surface area contributed by atoms with Crippen LogP contribution in [0.1, 0.15) is 59.8 Å². The van der Waals surface area contributed by atoms with E-state index in [4.69, 9.17) is 0 Å². The van der Waals surface area contributed by atoms with Gasteiger partial charge in [-0.05, 0) is 30.6 Å². The van der Waals surface area contributed by atoms with Crippen LogP contribution in [0.4, 0.5) is 0 Å². The molecule has 1 N–H and O–H groups in total. The number of piperazine rings is 1. The molecule has 0 bridgehead atoms. The predicted molar refractivity (Wildman–Crippen MR) is 78.9 cm³/mol. The molecular weight excluding hydrogens is 220 g/mol. The third-order valence-corrected chi connectivity index (χ3v) is 5.51. The minimum atomic E-state index is 0.630. The van der Waals surface area contributed by atoms with Crippen molar-refractivity contribution in [2.24, 2.45) is 11.3 Å². The van der Waals surface area contributed by atoms with Crippen molar-refractivity contribution in [1.29, 1.82) is 0 Å². The highest BCUT2D eigenvalue weighted by Gasteiger charge is 2.37. The van der Waals surface area contributed by atoms with Gasteiger partial charge in [0.2, 0.25) is 0 Å². The van der Waals surface area contributed by atoms with Crippen molar-refractivity contribution < 1.29 is 0 Å². The van der Waals surface area contributed by atoms with Crippen LogP contribution in [0.25, 0.3) is 0 Å². The van der Waals surface area contributed by atoms with Gasteiger partial charge in [0.15, 0.2) is 0 Å². The molecule has 3 atom stereocenters. The van der Waals surface area contributed by atoms with Crippen LogP contribution in [-0.4, -0.2) is 36.6 Å². The van der Waals surface area contributed by atoms with Crippen molar-refractivity contribution in [3.8, 4) is 0 Å². The summed E-state index contributed by atoms with van der Waals surface area (Å²) in [4.78, 5) is 2.80. The van der Waals surface area contributed by atoms with Gasteiger partial charge in [-0.25, -0.2) is 0 Å². The Balaban J connectivity index is 1.94. The largest absolute Gasteiger partial charge is 0.311 e. The van der Waals surface area contributed by atoms with Gasteiger partial charge in [0.25, 0.3) is 0 Å². The first-order chi connectivity index (χ1) is 8.58. The van der Waals surface area contributed by atoms with Gasteiger partial charge in [-0.3, -0.25) is 4.90 Å². The fourth-order valence-electron chi connectivity index (χ4n) is 3.57. The molecule has 2 heteroatoms. The lowest BCUT2D eigenvalue weighted by molar-refractivity contribution is 0.0272. The number of hydrogen-bond acceptors (Lipinski definition) is 2. The molecule has 2 fully saturated rings. The SMILES string of the molecule is CCC(C)C1CN(CC2(C)CCC2)C(CC)CN1. The lowest BCUT2D eigenvalue weighted by Crippen LogP contribution is -2.60. The van der Waals surface area contributed by atoms with Crippen LogP contribution >= 0.6 is 0 Å². The molecule has 18 heavy (non-hydrogen) atoms. The highest BCUT2D eigenvalue weighted by Crippen LogP contribution is 2.41. The summed E-state index contributed by atoms with van der Waals surface area (Å²) in [5.41, 5.74) is 0.630. The summed E-state index contributed by atoms with van der Waals surface area (Å²) in [7, 11) is 0. The van der Waals surface area contributed by atoms with Crippen LogP contribution in [0.3, 0.4) is 0 Å². The fraction of sp³-hybridized carbons (Fsp3) is 1.00. The normalized spacial score (nSPS) is 34.0. The van der Waals surface area contributed by atoms with E-state index in [1.54, 1.807) is 0 Å². The zero-order valence-electron chi connectivity index (χ0n) is 12.8. The first-order valence-electron chi connectivity index (χ1n) is 8.05. The maximum absolute atomic E-state index is 3.78. The van der Waals surface area contributed by atoms with Gasteiger partial charge in [0.05, 0.1) is 0 Å². The Kier molecular flexibility index (Phi) is 4.71. The molecule has 1 saturated heterocycles. The Morgan fingerprint density at radius 1 is 1.33 bits per heavy atom. The average Bonchev–Trinajstić information content (AvgIpc) is 2.35. The van der Waals surface area contributed by atoms with Gasteiger partial charge >= 0.3 is 0 Å². The van der Waals surface area contributed by atoms with E-state index >= 15 is 0 Å². The summed E-state index contributed by atoms with van der Waals surface area (Å²) in [6, 6.07) is 1.48. The molecule has 1 heterocycles. The quantitative estimate of drug-likeness (QED) is 0.808. The Hall–Kier alpha value is -0.0800. The molecule has 2 aliphatic rings. The lowest BCUT2D eigenvalue weighted by Gasteiger charge is -2.48. The molecule has 0 aromatic rings. The molecule has 0 aromatic carbocycles. The summed E-state index contributed by atoms with van der Waals surface area (Å²) in [5, 5.41) is 3.78. The van der Waals surface area contributed by atoms with E-state index in [-0.39, 0.29) is 0 Å². The highest BCUT2D eigenvalue weighted by atomic mass is 15.2. The second-order valence-corrected chi connectivity index (χ2v) is 7.06. The first kappa shape index (κ1) is 14.3. The number of nitrogens with one attached hydrogen (secondary N) is 1. The van der Waals surface area contributed by atoms with Crippen molar-refractivity contribution in [3.63, 3.8) is 0 Å². The fourth-order valence-corrected chi connectivity index (χ4v) is 3.57. The van der Waals surface area contributed by atoms with Crippen molar-refractivity contribution >= 4 is 0 Å². The standard InChI is InChI=1S/C16H32N2/c1-5-13(3)15-11-18(14(6-2)10-17-15)12-16(4)8-7-9-16/h13-15,17H,5-12H2,1-4H3. The minimum absolute atomic E-state index is 0.630. The number of rotatable bonds is 5. The topological polar surface area (TPSA) is 15.3 Å². The zero-order valence-corrected chi connectivity index (χ0v) is 12.8. The van der Waals surface area contributed by atoms with E-state index in [0.717, 1.165) is 12.0 Å². The summed E-state index contributed by atoms with van der Waals surface area (Å²) < 4.78 is 0. The smallest absolute Gasteiger partial charge is 0.0221 e. The zero-order chi connectivity index (χ0) is 13.2. The number of hydrogen-bond donors (Lipinski definition) is 1. The molecule has 1 saturated carbocycles. The summed E-state index contributed by atoms with van der Waals surface area (Å²) in [6.45, 7) is 13.3. The van der Waals surface area contributed by atoms with Crippen LogP contribution in [0.2, 0.25) is 0 Å². The Labute approximate surface area is 114 Å². The maximum Gasteiger partial charge on any atom is 0.0221 e. The van der Waals surface area contributed by atoms with E-state index in [0.29, 0.717) is 11.5 Å². The second kappa shape index (κ2) is 5.92. The molecule has 2 rings (SSSR count). The molecule has 3 unspecified atom stereocenters. The molecule has 0 aromatic heterocycles. The monoisotopic (exact) mass is 252 g/mol. The highest BCUT2D eigenvalue weighted by molar-refractivity contribution is 4.93. The van der Waals surface area contributed by atoms with Gasteiger partial charge in [-0.15, -0.1) is 0 Å². The third-order valence-electron chi connectivity index (χ3n) is 5.51. The van der Waals surface area contributed by atoms with Gasteiger partial charge in [0, 0.05) is 31.7 Å². The van der Waals surface area contributed by atoms with Gasteiger partial charge in [-0.2, -0.15) is 0 Å². The van der Waals surface area contributed by atoms with Crippen molar-refractivity contribution in [2.75, 3.05) is 19.6 Å². The lowest BCUT2D eigenvalue weighted by atomic mass is 9.70.